The van der Waals surface area contributed by atoms with Gasteiger partial charge in [0.25, 0.3) is 0 Å². The molecule has 0 radical (unpaired) electrons. The summed E-state index contributed by atoms with van der Waals surface area (Å²) in [6.07, 6.45) is 2.01. The van der Waals surface area contributed by atoms with Crippen molar-refractivity contribution in [1.82, 2.24) is 9.38 Å². The van der Waals surface area contributed by atoms with Gasteiger partial charge in [-0.25, -0.2) is 4.98 Å². The quantitative estimate of drug-likeness (QED) is 0.472. The Balaban J connectivity index is 1.98. The summed E-state index contributed by atoms with van der Waals surface area (Å²) < 4.78 is 3.03. The van der Waals surface area contributed by atoms with E-state index in [-0.39, 0.29) is 0 Å². The van der Waals surface area contributed by atoms with Gasteiger partial charge < -0.3 is 0 Å². The Bertz CT molecular complexity index is 942. The van der Waals surface area contributed by atoms with Crippen LogP contribution in [0.3, 0.4) is 0 Å². The number of hydrogen-bond acceptors (Lipinski definition) is 1. The van der Waals surface area contributed by atoms with Crippen LogP contribution in [-0.4, -0.2) is 9.38 Å². The average Bonchev–Trinajstić information content (AvgIpc) is 2.93. The predicted octanol–water partition coefficient (Wildman–Crippen LogP) is 5.43. The molecule has 0 unspecified atom stereocenters. The maximum atomic E-state index is 4.78. The lowest BCUT2D eigenvalue weighted by molar-refractivity contribution is 1.15. The smallest absolute Gasteiger partial charge is 0.138 e. The highest BCUT2D eigenvalue weighted by atomic mass is 79.9. The van der Waals surface area contributed by atoms with Gasteiger partial charge in [0.15, 0.2) is 0 Å². The van der Waals surface area contributed by atoms with Gasteiger partial charge in [0.2, 0.25) is 0 Å². The number of aromatic nitrogens is 2. The molecule has 0 aliphatic carbocycles. The molecule has 4 rings (SSSR count). The third-order valence-corrected chi connectivity index (χ3v) is 4.50. The van der Waals surface area contributed by atoms with Crippen molar-refractivity contribution in [3.63, 3.8) is 0 Å². The molecular formula is C19H13BrN2. The van der Waals surface area contributed by atoms with Gasteiger partial charge in [0.05, 0.1) is 0 Å². The fourth-order valence-corrected chi connectivity index (χ4v) is 3.30. The summed E-state index contributed by atoms with van der Waals surface area (Å²) in [5.41, 5.74) is 5.41. The third-order valence-electron chi connectivity index (χ3n) is 3.74. The summed E-state index contributed by atoms with van der Waals surface area (Å²) in [6.45, 7) is 0. The number of imidazole rings is 1. The second-order valence-corrected chi connectivity index (χ2v) is 5.84. The second-order valence-electron chi connectivity index (χ2n) is 5.09. The Morgan fingerprint density at radius 2 is 1.41 bits per heavy atom. The molecule has 0 N–H and O–H groups in total. The summed E-state index contributed by atoms with van der Waals surface area (Å²) in [4.78, 5) is 4.78. The molecule has 2 aromatic heterocycles. The van der Waals surface area contributed by atoms with E-state index in [4.69, 9.17) is 4.98 Å². The second kappa shape index (κ2) is 5.43. The lowest BCUT2D eigenvalue weighted by Crippen LogP contribution is -1.86. The Morgan fingerprint density at radius 3 is 2.18 bits per heavy atom. The Hall–Kier alpha value is -2.39. The van der Waals surface area contributed by atoms with E-state index < -0.39 is 0 Å². The van der Waals surface area contributed by atoms with Crippen molar-refractivity contribution in [2.24, 2.45) is 0 Å². The van der Waals surface area contributed by atoms with Gasteiger partial charge >= 0.3 is 0 Å². The number of benzene rings is 2. The summed E-state index contributed by atoms with van der Waals surface area (Å²) in [7, 11) is 0. The number of rotatable bonds is 2. The fraction of sp³-hybridized carbons (Fsp3) is 0. The van der Waals surface area contributed by atoms with Gasteiger partial charge in [-0.05, 0) is 39.2 Å². The minimum Gasteiger partial charge on any atom is -0.294 e. The summed E-state index contributed by atoms with van der Waals surface area (Å²) in [5, 5.41) is 0. The van der Waals surface area contributed by atoms with Crippen molar-refractivity contribution in [3.05, 3.63) is 83.6 Å². The van der Waals surface area contributed by atoms with E-state index in [2.05, 4.69) is 68.9 Å². The van der Waals surface area contributed by atoms with Gasteiger partial charge in [0, 0.05) is 11.8 Å². The molecule has 3 heteroatoms. The van der Waals surface area contributed by atoms with Crippen LogP contribution in [-0.2, 0) is 0 Å². The van der Waals surface area contributed by atoms with Crippen LogP contribution in [0, 0.1) is 0 Å². The van der Waals surface area contributed by atoms with E-state index in [0.717, 1.165) is 21.5 Å². The van der Waals surface area contributed by atoms with Crippen molar-refractivity contribution >= 4 is 21.6 Å². The molecule has 0 atom stereocenters. The molecule has 0 amide bonds. The fourth-order valence-electron chi connectivity index (χ4n) is 2.70. The van der Waals surface area contributed by atoms with Crippen LogP contribution in [0.4, 0.5) is 0 Å². The van der Waals surface area contributed by atoms with Crippen molar-refractivity contribution in [1.29, 1.82) is 0 Å². The van der Waals surface area contributed by atoms with Crippen molar-refractivity contribution in [2.75, 3.05) is 0 Å². The molecule has 0 spiro atoms. The Morgan fingerprint density at radius 1 is 0.727 bits per heavy atom. The summed E-state index contributed by atoms with van der Waals surface area (Å²) in [6, 6.07) is 24.8. The first kappa shape index (κ1) is 13.3. The summed E-state index contributed by atoms with van der Waals surface area (Å²) >= 11 is 3.70. The molecule has 0 saturated heterocycles. The van der Waals surface area contributed by atoms with Crippen molar-refractivity contribution < 1.29 is 0 Å². The van der Waals surface area contributed by atoms with Gasteiger partial charge in [-0.2, -0.15) is 0 Å². The first-order valence-electron chi connectivity index (χ1n) is 7.12. The van der Waals surface area contributed by atoms with Crippen LogP contribution >= 0.6 is 15.9 Å². The monoisotopic (exact) mass is 348 g/mol. The maximum absolute atomic E-state index is 4.78. The summed E-state index contributed by atoms with van der Waals surface area (Å²) in [5.74, 6) is 0. The number of halogens is 1. The van der Waals surface area contributed by atoms with Gasteiger partial charge in [-0.1, -0.05) is 60.7 Å². The van der Waals surface area contributed by atoms with E-state index in [0.29, 0.717) is 0 Å². The molecule has 0 saturated carbocycles. The molecule has 22 heavy (non-hydrogen) atoms. The van der Waals surface area contributed by atoms with Crippen LogP contribution in [0.2, 0.25) is 0 Å². The van der Waals surface area contributed by atoms with Gasteiger partial charge in [-0.3, -0.25) is 4.40 Å². The Labute approximate surface area is 137 Å². The zero-order valence-electron chi connectivity index (χ0n) is 11.8. The van der Waals surface area contributed by atoms with Crippen molar-refractivity contribution in [2.45, 2.75) is 0 Å². The first-order chi connectivity index (χ1) is 10.8. The zero-order chi connectivity index (χ0) is 14.9. The van der Waals surface area contributed by atoms with E-state index in [9.17, 15) is 0 Å². The molecule has 0 aliphatic heterocycles. The SMILES string of the molecule is Brc1c(-c2ccccc2-c2ccccc2)nc2ccccn12. The predicted molar refractivity (Wildman–Crippen MR) is 93.8 cm³/mol. The number of nitrogens with zero attached hydrogens (tertiary/aromatic N) is 2. The first-order valence-corrected chi connectivity index (χ1v) is 7.91. The van der Waals surface area contributed by atoms with E-state index in [1.807, 2.05) is 30.5 Å². The standard InChI is InChI=1S/C19H13BrN2/c20-19-18(21-17-12-6-7-13-22(17)19)16-11-5-4-10-15(16)14-8-2-1-3-9-14/h1-13H. The normalized spacial score (nSPS) is 11.0. The largest absolute Gasteiger partial charge is 0.294 e. The number of hydrogen-bond donors (Lipinski definition) is 0. The van der Waals surface area contributed by atoms with Gasteiger partial charge in [-0.15, -0.1) is 0 Å². The highest BCUT2D eigenvalue weighted by molar-refractivity contribution is 9.10. The van der Waals surface area contributed by atoms with Crippen LogP contribution < -0.4 is 0 Å². The molecule has 0 bridgehead atoms. The molecule has 2 aromatic carbocycles. The molecule has 4 aromatic rings. The molecule has 2 nitrogen and oxygen atoms in total. The zero-order valence-corrected chi connectivity index (χ0v) is 13.4. The lowest BCUT2D eigenvalue weighted by atomic mass is 9.98. The number of fused-ring (bicyclic) bond motifs is 1. The topological polar surface area (TPSA) is 17.3 Å². The molecule has 106 valence electrons. The molecule has 0 aliphatic rings. The average molecular weight is 349 g/mol. The van der Waals surface area contributed by atoms with E-state index in [1.165, 1.54) is 11.1 Å². The molecule has 2 heterocycles. The lowest BCUT2D eigenvalue weighted by Gasteiger charge is -2.08. The maximum Gasteiger partial charge on any atom is 0.138 e. The van der Waals surface area contributed by atoms with Gasteiger partial charge in [0.1, 0.15) is 15.9 Å². The third kappa shape index (κ3) is 2.14. The number of pyridine rings is 1. The van der Waals surface area contributed by atoms with Crippen LogP contribution in [0.1, 0.15) is 0 Å². The molecular weight excluding hydrogens is 336 g/mol. The van der Waals surface area contributed by atoms with Crippen LogP contribution in [0.25, 0.3) is 28.0 Å². The highest BCUT2D eigenvalue weighted by Crippen LogP contribution is 2.35. The van der Waals surface area contributed by atoms with E-state index >= 15 is 0 Å². The highest BCUT2D eigenvalue weighted by Gasteiger charge is 2.15. The van der Waals surface area contributed by atoms with E-state index in [1.54, 1.807) is 0 Å². The molecule has 0 fully saturated rings. The minimum absolute atomic E-state index is 0.937. The minimum atomic E-state index is 0.937. The Kier molecular flexibility index (Phi) is 3.28. The van der Waals surface area contributed by atoms with Crippen molar-refractivity contribution in [3.8, 4) is 22.4 Å². The van der Waals surface area contributed by atoms with Crippen LogP contribution in [0.5, 0.6) is 0 Å². The van der Waals surface area contributed by atoms with Crippen LogP contribution in [0.15, 0.2) is 83.6 Å².